The van der Waals surface area contributed by atoms with E-state index in [1.54, 1.807) is 6.07 Å². The molecule has 136 valence electrons. The van der Waals surface area contributed by atoms with Gasteiger partial charge < -0.3 is 20.5 Å². The Kier molecular flexibility index (Phi) is 8.42. The molecule has 0 radical (unpaired) electrons. The van der Waals surface area contributed by atoms with E-state index >= 15 is 0 Å². The molecule has 1 aliphatic carbocycles. The highest BCUT2D eigenvalue weighted by Crippen LogP contribution is 2.21. The molecular weight excluding hydrogens is 336 g/mol. The summed E-state index contributed by atoms with van der Waals surface area (Å²) in [5.41, 5.74) is 6.74. The molecule has 0 aromatic heterocycles. The number of nitrogens with one attached hydrogen (secondary N) is 1. The molecule has 2 amide bonds. The fourth-order valence-corrected chi connectivity index (χ4v) is 3.06. The van der Waals surface area contributed by atoms with Crippen molar-refractivity contribution in [1.82, 2.24) is 0 Å². The first-order valence-electron chi connectivity index (χ1n) is 8.40. The van der Waals surface area contributed by atoms with Crippen LogP contribution in [0.3, 0.4) is 0 Å². The van der Waals surface area contributed by atoms with Crippen molar-refractivity contribution in [1.29, 1.82) is 0 Å². The number of hydrogen-bond donors (Lipinski definition) is 2. The lowest BCUT2D eigenvalue weighted by molar-refractivity contribution is 0.0687. The summed E-state index contributed by atoms with van der Waals surface area (Å²) in [6.45, 7) is 1.49. The largest absolute Gasteiger partial charge is 0.492 e. The molecule has 0 heterocycles. The Balaban J connectivity index is 1.62. The normalized spacial score (nSPS) is 16.4. The van der Waals surface area contributed by atoms with Crippen molar-refractivity contribution in [2.45, 2.75) is 19.4 Å². The second-order valence-electron chi connectivity index (χ2n) is 5.83. The van der Waals surface area contributed by atoms with Crippen molar-refractivity contribution in [3.05, 3.63) is 53.8 Å². The summed E-state index contributed by atoms with van der Waals surface area (Å²) in [7, 11) is 0. The number of amides is 2. The van der Waals surface area contributed by atoms with Crippen molar-refractivity contribution < 1.29 is 14.3 Å². The Hall–Kier alpha value is -1.92. The summed E-state index contributed by atoms with van der Waals surface area (Å²) in [5, 5.41) is 2.55. The van der Waals surface area contributed by atoms with E-state index in [0.29, 0.717) is 31.4 Å². The van der Waals surface area contributed by atoms with Crippen molar-refractivity contribution in [3.63, 3.8) is 0 Å². The molecule has 1 atom stereocenters. The topological polar surface area (TPSA) is 73.6 Å². The molecule has 0 saturated carbocycles. The maximum atomic E-state index is 10.9. The summed E-state index contributed by atoms with van der Waals surface area (Å²) in [5.74, 6) is 2.76. The van der Waals surface area contributed by atoms with Crippen molar-refractivity contribution in [2.75, 3.05) is 30.5 Å². The fraction of sp³-hybridized carbons (Fsp3) is 0.421. The van der Waals surface area contributed by atoms with Gasteiger partial charge in [-0.2, -0.15) is 11.8 Å². The van der Waals surface area contributed by atoms with Gasteiger partial charge in [0.1, 0.15) is 12.4 Å². The quantitative estimate of drug-likeness (QED) is 0.619. The van der Waals surface area contributed by atoms with Gasteiger partial charge in [-0.25, -0.2) is 4.79 Å². The monoisotopic (exact) mass is 362 g/mol. The number of allylic oxidation sites excluding steroid dienone is 3. The molecule has 1 aromatic rings. The number of urea groups is 1. The summed E-state index contributed by atoms with van der Waals surface area (Å²) < 4.78 is 11.3. The zero-order valence-electron chi connectivity index (χ0n) is 14.6. The van der Waals surface area contributed by atoms with E-state index in [1.165, 1.54) is 12.2 Å². The second-order valence-corrected chi connectivity index (χ2v) is 6.82. The summed E-state index contributed by atoms with van der Waals surface area (Å²) in [6, 6.07) is 6.84. The molecule has 25 heavy (non-hydrogen) atoms. The average molecular weight is 362 g/mol. The molecule has 2 rings (SSSR count). The SMILES string of the molecule is CSCC[C@@H]1C=CC(OCCOCc2cccc(NC(N)=O)c2)=CC1. The lowest BCUT2D eigenvalue weighted by Gasteiger charge is -2.16. The number of thioether (sulfide) groups is 1. The van der Waals surface area contributed by atoms with Crippen LogP contribution in [0.25, 0.3) is 0 Å². The van der Waals surface area contributed by atoms with E-state index in [1.807, 2.05) is 30.0 Å². The van der Waals surface area contributed by atoms with Gasteiger partial charge in [0.15, 0.2) is 0 Å². The molecule has 0 aliphatic heterocycles. The molecular formula is C19H26N2O3S. The number of carbonyl (C=O) groups is 1. The Morgan fingerprint density at radius 1 is 1.40 bits per heavy atom. The number of hydrogen-bond acceptors (Lipinski definition) is 4. The van der Waals surface area contributed by atoms with E-state index in [-0.39, 0.29) is 0 Å². The van der Waals surface area contributed by atoms with Gasteiger partial charge in [0.25, 0.3) is 0 Å². The number of carbonyl (C=O) groups excluding carboxylic acids is 1. The lowest BCUT2D eigenvalue weighted by atomic mass is 9.98. The standard InChI is InChI=1S/C19H26N2O3S/c1-25-12-9-15-5-7-18(8-6-15)24-11-10-23-14-16-3-2-4-17(13-16)21-19(20)22/h2-5,7-8,13,15H,6,9-12,14H2,1H3,(H3,20,21,22)/t15-/m1/s1. The number of rotatable bonds is 10. The zero-order valence-corrected chi connectivity index (χ0v) is 15.4. The molecule has 6 heteroatoms. The van der Waals surface area contributed by atoms with Crippen LogP contribution in [0.15, 0.2) is 48.3 Å². The molecule has 0 spiro atoms. The van der Waals surface area contributed by atoms with Gasteiger partial charge in [-0.05, 0) is 60.6 Å². The maximum absolute atomic E-state index is 10.9. The first-order valence-corrected chi connectivity index (χ1v) is 9.80. The Labute approximate surface area is 153 Å². The van der Waals surface area contributed by atoms with Gasteiger partial charge >= 0.3 is 6.03 Å². The Bertz CT molecular complexity index is 616. The van der Waals surface area contributed by atoms with Gasteiger partial charge in [0.2, 0.25) is 0 Å². The third kappa shape index (κ3) is 7.67. The number of primary amides is 1. The van der Waals surface area contributed by atoms with Crippen LogP contribution in [0, 0.1) is 5.92 Å². The fourth-order valence-electron chi connectivity index (χ4n) is 2.52. The van der Waals surface area contributed by atoms with Crippen LogP contribution in [0.5, 0.6) is 0 Å². The highest BCUT2D eigenvalue weighted by atomic mass is 32.2. The van der Waals surface area contributed by atoms with Crippen molar-refractivity contribution in [3.8, 4) is 0 Å². The van der Waals surface area contributed by atoms with Gasteiger partial charge in [0.05, 0.1) is 13.2 Å². The first-order chi connectivity index (χ1) is 12.2. The van der Waals surface area contributed by atoms with Gasteiger partial charge in [0, 0.05) is 5.69 Å². The molecule has 0 unspecified atom stereocenters. The molecule has 1 aliphatic rings. The second kappa shape index (κ2) is 10.8. The number of ether oxygens (including phenoxy) is 2. The minimum absolute atomic E-state index is 0.462. The van der Waals surface area contributed by atoms with Gasteiger partial charge in [-0.15, -0.1) is 0 Å². The molecule has 5 nitrogen and oxygen atoms in total. The average Bonchev–Trinajstić information content (AvgIpc) is 2.60. The highest BCUT2D eigenvalue weighted by molar-refractivity contribution is 7.98. The van der Waals surface area contributed by atoms with Crippen LogP contribution in [-0.4, -0.2) is 31.3 Å². The van der Waals surface area contributed by atoms with E-state index in [4.69, 9.17) is 15.2 Å². The summed E-state index contributed by atoms with van der Waals surface area (Å²) in [6.07, 6.45) is 10.9. The maximum Gasteiger partial charge on any atom is 0.316 e. The molecule has 0 saturated heterocycles. The van der Waals surface area contributed by atoms with Crippen LogP contribution in [0.1, 0.15) is 18.4 Å². The van der Waals surface area contributed by atoms with Crippen LogP contribution in [0.4, 0.5) is 10.5 Å². The summed E-state index contributed by atoms with van der Waals surface area (Å²) in [4.78, 5) is 10.9. The van der Waals surface area contributed by atoms with Crippen LogP contribution in [-0.2, 0) is 16.1 Å². The predicted octanol–water partition coefficient (Wildman–Crippen LogP) is 3.92. The highest BCUT2D eigenvalue weighted by Gasteiger charge is 2.09. The third-order valence-electron chi connectivity index (χ3n) is 3.81. The van der Waals surface area contributed by atoms with Crippen molar-refractivity contribution >= 4 is 23.5 Å². The number of anilines is 1. The zero-order chi connectivity index (χ0) is 17.9. The van der Waals surface area contributed by atoms with Crippen molar-refractivity contribution in [2.24, 2.45) is 11.7 Å². The Morgan fingerprint density at radius 2 is 2.28 bits per heavy atom. The smallest absolute Gasteiger partial charge is 0.316 e. The molecule has 0 fully saturated rings. The minimum atomic E-state index is -0.573. The summed E-state index contributed by atoms with van der Waals surface area (Å²) >= 11 is 1.89. The third-order valence-corrected chi connectivity index (χ3v) is 4.45. The minimum Gasteiger partial charge on any atom is -0.492 e. The number of benzene rings is 1. The van der Waals surface area contributed by atoms with Gasteiger partial charge in [-0.3, -0.25) is 0 Å². The lowest BCUT2D eigenvalue weighted by Crippen LogP contribution is -2.19. The molecule has 0 bridgehead atoms. The predicted molar refractivity (Wildman–Crippen MR) is 104 cm³/mol. The van der Waals surface area contributed by atoms with E-state index in [9.17, 15) is 4.79 Å². The van der Waals surface area contributed by atoms with Gasteiger partial charge in [-0.1, -0.05) is 18.2 Å². The molecule has 3 N–H and O–H groups in total. The number of nitrogens with two attached hydrogens (primary N) is 1. The van der Waals surface area contributed by atoms with E-state index in [2.05, 4.69) is 29.8 Å². The van der Waals surface area contributed by atoms with E-state index in [0.717, 1.165) is 17.7 Å². The first kappa shape index (κ1) is 19.4. The Morgan fingerprint density at radius 3 is 3.00 bits per heavy atom. The van der Waals surface area contributed by atoms with Crippen LogP contribution in [0.2, 0.25) is 0 Å². The van der Waals surface area contributed by atoms with Crippen LogP contribution >= 0.6 is 11.8 Å². The molecule has 1 aromatic carbocycles. The van der Waals surface area contributed by atoms with E-state index < -0.39 is 6.03 Å². The van der Waals surface area contributed by atoms with Crippen LogP contribution < -0.4 is 11.1 Å².